The van der Waals surface area contributed by atoms with Crippen molar-refractivity contribution in [2.24, 2.45) is 0 Å². The molecule has 0 aromatic heterocycles. The van der Waals surface area contributed by atoms with Gasteiger partial charge in [0.1, 0.15) is 6.04 Å². The van der Waals surface area contributed by atoms with Crippen LogP contribution in [0.25, 0.3) is 0 Å². The number of carbonyl (C=O) groups excluding carboxylic acids is 1. The molecule has 2 aromatic rings. The van der Waals surface area contributed by atoms with Crippen LogP contribution in [-0.2, 0) is 14.8 Å². The Balaban J connectivity index is 1.75. The Morgan fingerprint density at radius 3 is 2.13 bits per heavy atom. The highest BCUT2D eigenvalue weighted by Crippen LogP contribution is 2.25. The van der Waals surface area contributed by atoms with Crippen molar-refractivity contribution in [3.8, 4) is 0 Å². The second-order valence-electron chi connectivity index (χ2n) is 8.14. The van der Waals surface area contributed by atoms with E-state index in [4.69, 9.17) is 0 Å². The summed E-state index contributed by atoms with van der Waals surface area (Å²) in [4.78, 5) is 17.7. The minimum absolute atomic E-state index is 0.346. The van der Waals surface area contributed by atoms with Gasteiger partial charge in [0.2, 0.25) is 15.9 Å². The first-order valence-corrected chi connectivity index (χ1v) is 12.4. The van der Waals surface area contributed by atoms with E-state index in [0.717, 1.165) is 43.7 Å². The highest BCUT2D eigenvalue weighted by atomic mass is 32.2. The Bertz CT molecular complexity index is 982. The van der Waals surface area contributed by atoms with Crippen molar-refractivity contribution in [2.45, 2.75) is 26.3 Å². The lowest BCUT2D eigenvalue weighted by Gasteiger charge is -2.34. The van der Waals surface area contributed by atoms with Crippen LogP contribution in [0.4, 0.5) is 17.1 Å². The normalized spacial score (nSPS) is 16.1. The predicted octanol–water partition coefficient (Wildman–Crippen LogP) is 2.93. The fourth-order valence-corrected chi connectivity index (χ4v) is 5.01. The molecule has 0 bridgehead atoms. The van der Waals surface area contributed by atoms with Crippen LogP contribution in [-0.4, -0.2) is 64.7 Å². The lowest BCUT2D eigenvalue weighted by Crippen LogP contribution is -2.47. The van der Waals surface area contributed by atoms with Gasteiger partial charge in [-0.1, -0.05) is 24.6 Å². The Labute approximate surface area is 185 Å². The number of nitrogens with one attached hydrogen (secondary N) is 1. The first kappa shape index (κ1) is 23.1. The van der Waals surface area contributed by atoms with E-state index < -0.39 is 16.1 Å². The molecule has 168 valence electrons. The van der Waals surface area contributed by atoms with Crippen LogP contribution in [0.5, 0.6) is 0 Å². The summed E-state index contributed by atoms with van der Waals surface area (Å²) in [7, 11) is -1.52. The molecule has 1 saturated heterocycles. The SMILES string of the molecule is CC[C@H](C(=O)Nc1ccc(N2CCN(C)CC2)cc1)N(c1ccc(C)cc1)S(C)(=O)=O. The van der Waals surface area contributed by atoms with E-state index in [0.29, 0.717) is 17.8 Å². The van der Waals surface area contributed by atoms with Crippen molar-refractivity contribution in [2.75, 3.05) is 54.0 Å². The summed E-state index contributed by atoms with van der Waals surface area (Å²) in [6, 6.07) is 14.0. The third-order valence-corrected chi connectivity index (χ3v) is 6.80. The van der Waals surface area contributed by atoms with Crippen LogP contribution in [0.2, 0.25) is 0 Å². The first-order chi connectivity index (χ1) is 14.7. The molecule has 3 rings (SSSR count). The van der Waals surface area contributed by atoms with Gasteiger partial charge in [0, 0.05) is 37.6 Å². The molecule has 8 heteroatoms. The first-order valence-electron chi connectivity index (χ1n) is 10.6. The van der Waals surface area contributed by atoms with Crippen LogP contribution in [0.15, 0.2) is 48.5 Å². The van der Waals surface area contributed by atoms with Gasteiger partial charge in [0.05, 0.1) is 11.9 Å². The molecule has 0 unspecified atom stereocenters. The average molecular weight is 445 g/mol. The van der Waals surface area contributed by atoms with Crippen LogP contribution >= 0.6 is 0 Å². The van der Waals surface area contributed by atoms with Gasteiger partial charge in [-0.15, -0.1) is 0 Å². The van der Waals surface area contributed by atoms with Gasteiger partial charge in [-0.3, -0.25) is 9.10 Å². The van der Waals surface area contributed by atoms with E-state index in [1.165, 1.54) is 4.31 Å². The second kappa shape index (κ2) is 9.70. The molecule has 1 aliphatic rings. The van der Waals surface area contributed by atoms with Gasteiger partial charge in [-0.05, 0) is 56.8 Å². The van der Waals surface area contributed by atoms with E-state index in [2.05, 4.69) is 22.2 Å². The zero-order valence-corrected chi connectivity index (χ0v) is 19.5. The molecule has 0 spiro atoms. The van der Waals surface area contributed by atoms with E-state index in [1.807, 2.05) is 50.2 Å². The van der Waals surface area contributed by atoms with E-state index in [1.54, 1.807) is 12.1 Å². The Morgan fingerprint density at radius 2 is 1.61 bits per heavy atom. The summed E-state index contributed by atoms with van der Waals surface area (Å²) in [6.07, 6.45) is 1.49. The van der Waals surface area contributed by atoms with Crippen LogP contribution in [0, 0.1) is 6.92 Å². The number of hydrogen-bond donors (Lipinski definition) is 1. The summed E-state index contributed by atoms with van der Waals surface area (Å²) in [5, 5.41) is 2.89. The smallest absolute Gasteiger partial charge is 0.248 e. The minimum Gasteiger partial charge on any atom is -0.369 e. The number of anilines is 3. The number of nitrogens with zero attached hydrogens (tertiary/aromatic N) is 3. The summed E-state index contributed by atoms with van der Waals surface area (Å²) in [5.74, 6) is -0.346. The number of sulfonamides is 1. The Kier molecular flexibility index (Phi) is 7.23. The van der Waals surface area contributed by atoms with E-state index in [-0.39, 0.29) is 5.91 Å². The molecule has 0 radical (unpaired) electrons. The molecule has 7 nitrogen and oxygen atoms in total. The molecule has 1 amide bonds. The van der Waals surface area contributed by atoms with Crippen LogP contribution in [0.1, 0.15) is 18.9 Å². The summed E-state index contributed by atoms with van der Waals surface area (Å²) in [5.41, 5.74) is 3.28. The minimum atomic E-state index is -3.64. The fourth-order valence-electron chi connectivity index (χ4n) is 3.80. The molecule has 0 aliphatic carbocycles. The molecule has 1 atom stereocenters. The van der Waals surface area contributed by atoms with Gasteiger partial charge >= 0.3 is 0 Å². The number of rotatable bonds is 7. The number of piperazine rings is 1. The van der Waals surface area contributed by atoms with Crippen molar-refractivity contribution in [1.29, 1.82) is 0 Å². The monoisotopic (exact) mass is 444 g/mol. The number of aryl methyl sites for hydroxylation is 1. The highest BCUT2D eigenvalue weighted by molar-refractivity contribution is 7.92. The average Bonchev–Trinajstić information content (AvgIpc) is 2.73. The number of carbonyl (C=O) groups is 1. The summed E-state index contributed by atoms with van der Waals surface area (Å²) >= 11 is 0. The predicted molar refractivity (Wildman–Crippen MR) is 127 cm³/mol. The maximum atomic E-state index is 13.1. The van der Waals surface area contributed by atoms with Crippen molar-refractivity contribution >= 4 is 33.0 Å². The van der Waals surface area contributed by atoms with Crippen LogP contribution in [0.3, 0.4) is 0 Å². The fraction of sp³-hybridized carbons (Fsp3) is 0.435. The maximum absolute atomic E-state index is 13.1. The molecule has 1 fully saturated rings. The number of benzene rings is 2. The van der Waals surface area contributed by atoms with Crippen molar-refractivity contribution in [1.82, 2.24) is 4.90 Å². The lowest BCUT2D eigenvalue weighted by atomic mass is 10.1. The number of likely N-dealkylation sites (N-methyl/N-ethyl adjacent to an activating group) is 1. The zero-order valence-electron chi connectivity index (χ0n) is 18.7. The third kappa shape index (κ3) is 5.77. The molecule has 1 aliphatic heterocycles. The van der Waals surface area contributed by atoms with Crippen LogP contribution < -0.4 is 14.5 Å². The quantitative estimate of drug-likeness (QED) is 0.711. The molecular weight excluding hydrogens is 412 g/mol. The van der Waals surface area contributed by atoms with Gasteiger partial charge in [-0.25, -0.2) is 8.42 Å². The molecule has 2 aromatic carbocycles. The van der Waals surface area contributed by atoms with Gasteiger partial charge in [0.15, 0.2) is 0 Å². The number of amides is 1. The maximum Gasteiger partial charge on any atom is 0.248 e. The lowest BCUT2D eigenvalue weighted by molar-refractivity contribution is -0.117. The second-order valence-corrected chi connectivity index (χ2v) is 10.0. The van der Waals surface area contributed by atoms with Gasteiger partial charge in [-0.2, -0.15) is 0 Å². The van der Waals surface area contributed by atoms with Crippen molar-refractivity contribution in [3.63, 3.8) is 0 Å². The molecule has 1 heterocycles. The standard InChI is InChI=1S/C23H32N4O3S/c1-5-22(27(31(4,29)30)21-10-6-18(2)7-11-21)23(28)24-19-8-12-20(13-9-19)26-16-14-25(3)15-17-26/h6-13,22H,5,14-17H2,1-4H3,(H,24,28)/t22-/m1/s1. The third-order valence-electron chi connectivity index (χ3n) is 5.62. The van der Waals surface area contributed by atoms with Gasteiger partial charge < -0.3 is 15.1 Å². The number of hydrogen-bond acceptors (Lipinski definition) is 5. The molecular formula is C23H32N4O3S. The van der Waals surface area contributed by atoms with Crippen molar-refractivity contribution in [3.05, 3.63) is 54.1 Å². The Hall–Kier alpha value is -2.58. The summed E-state index contributed by atoms with van der Waals surface area (Å²) in [6.45, 7) is 7.74. The molecule has 1 N–H and O–H groups in total. The van der Waals surface area contributed by atoms with E-state index in [9.17, 15) is 13.2 Å². The van der Waals surface area contributed by atoms with Gasteiger partial charge in [0.25, 0.3) is 0 Å². The highest BCUT2D eigenvalue weighted by Gasteiger charge is 2.31. The Morgan fingerprint density at radius 1 is 1.03 bits per heavy atom. The molecule has 0 saturated carbocycles. The van der Waals surface area contributed by atoms with E-state index >= 15 is 0 Å². The molecule has 31 heavy (non-hydrogen) atoms. The summed E-state index contributed by atoms with van der Waals surface area (Å²) < 4.78 is 26.3. The largest absolute Gasteiger partial charge is 0.369 e. The zero-order chi connectivity index (χ0) is 22.6. The topological polar surface area (TPSA) is 73.0 Å². The van der Waals surface area contributed by atoms with Crippen molar-refractivity contribution < 1.29 is 13.2 Å².